The fourth-order valence-corrected chi connectivity index (χ4v) is 4.50. The smallest absolute Gasteiger partial charge is 0.338 e. The average molecular weight is 467 g/mol. The standard InChI is InChI=1S/C25H26N2O5S/c1-4-13-27-18(2)14-23(19(27)3)24(28)17-32-25(29)21-11-8-12-22(15-21)33(30,31)26-16-20-9-6-5-7-10-20/h4-12,14-15,26H,1,13,16-17H2,2-3H3. The van der Waals surface area contributed by atoms with E-state index in [0.717, 1.165) is 17.0 Å². The van der Waals surface area contributed by atoms with E-state index in [1.807, 2.05) is 48.7 Å². The van der Waals surface area contributed by atoms with Crippen molar-refractivity contribution < 1.29 is 22.7 Å². The van der Waals surface area contributed by atoms with Crippen LogP contribution in [-0.2, 0) is 27.8 Å². The van der Waals surface area contributed by atoms with Gasteiger partial charge in [-0.25, -0.2) is 17.9 Å². The number of carbonyl (C=O) groups is 2. The van der Waals surface area contributed by atoms with Gasteiger partial charge >= 0.3 is 5.97 Å². The maximum Gasteiger partial charge on any atom is 0.338 e. The van der Waals surface area contributed by atoms with Crippen molar-refractivity contribution in [3.05, 3.63) is 101 Å². The number of carbonyl (C=O) groups excluding carboxylic acids is 2. The van der Waals surface area contributed by atoms with Crippen molar-refractivity contribution in [1.29, 1.82) is 0 Å². The van der Waals surface area contributed by atoms with Crippen LogP contribution in [0.5, 0.6) is 0 Å². The second kappa shape index (κ2) is 10.4. The van der Waals surface area contributed by atoms with Crippen LogP contribution in [0.2, 0.25) is 0 Å². The van der Waals surface area contributed by atoms with E-state index in [9.17, 15) is 18.0 Å². The second-order valence-electron chi connectivity index (χ2n) is 7.52. The van der Waals surface area contributed by atoms with Gasteiger partial charge in [0.05, 0.1) is 10.5 Å². The van der Waals surface area contributed by atoms with E-state index < -0.39 is 22.6 Å². The predicted molar refractivity (Wildman–Crippen MR) is 126 cm³/mol. The van der Waals surface area contributed by atoms with Gasteiger partial charge < -0.3 is 9.30 Å². The maximum atomic E-state index is 12.6. The molecule has 1 aromatic heterocycles. The van der Waals surface area contributed by atoms with Gasteiger partial charge in [0.1, 0.15) is 0 Å². The molecule has 1 heterocycles. The summed E-state index contributed by atoms with van der Waals surface area (Å²) in [6.07, 6.45) is 1.74. The van der Waals surface area contributed by atoms with Gasteiger partial charge in [0.25, 0.3) is 0 Å². The first-order valence-electron chi connectivity index (χ1n) is 10.3. The summed E-state index contributed by atoms with van der Waals surface area (Å²) in [5.74, 6) is -1.11. The van der Waals surface area contributed by atoms with Gasteiger partial charge in [-0.15, -0.1) is 6.58 Å². The van der Waals surface area contributed by atoms with Crippen LogP contribution < -0.4 is 4.72 Å². The van der Waals surface area contributed by atoms with Crippen molar-refractivity contribution in [1.82, 2.24) is 9.29 Å². The van der Waals surface area contributed by atoms with Crippen molar-refractivity contribution in [3.63, 3.8) is 0 Å². The number of aromatic nitrogens is 1. The first-order chi connectivity index (χ1) is 15.7. The number of allylic oxidation sites excluding steroid dienone is 1. The molecule has 2 aromatic carbocycles. The molecule has 7 nitrogen and oxygen atoms in total. The van der Waals surface area contributed by atoms with Crippen molar-refractivity contribution in [2.24, 2.45) is 0 Å². The number of sulfonamides is 1. The Hall–Kier alpha value is -3.49. The summed E-state index contributed by atoms with van der Waals surface area (Å²) in [6.45, 7) is 7.67. The normalized spacial score (nSPS) is 11.2. The molecule has 0 aliphatic rings. The van der Waals surface area contributed by atoms with E-state index in [0.29, 0.717) is 12.1 Å². The van der Waals surface area contributed by atoms with Gasteiger partial charge in [-0.1, -0.05) is 42.5 Å². The molecule has 0 saturated heterocycles. The zero-order chi connectivity index (χ0) is 24.0. The molecule has 0 radical (unpaired) electrons. The molecule has 1 N–H and O–H groups in total. The van der Waals surface area contributed by atoms with Crippen molar-refractivity contribution >= 4 is 21.8 Å². The third-order valence-corrected chi connectivity index (χ3v) is 6.61. The van der Waals surface area contributed by atoms with Gasteiger partial charge in [0, 0.05) is 30.0 Å². The Morgan fingerprint density at radius 3 is 2.48 bits per heavy atom. The number of ketones is 1. The monoisotopic (exact) mass is 466 g/mol. The van der Waals surface area contributed by atoms with E-state index in [4.69, 9.17) is 4.74 Å². The minimum Gasteiger partial charge on any atom is -0.454 e. The maximum absolute atomic E-state index is 12.6. The Kier molecular flexibility index (Phi) is 7.63. The number of Topliss-reactive ketones (excluding diaryl/α,β-unsaturated/α-hetero) is 1. The third-order valence-electron chi connectivity index (χ3n) is 5.21. The van der Waals surface area contributed by atoms with Crippen LogP contribution in [0, 0.1) is 13.8 Å². The number of ether oxygens (including phenoxy) is 1. The molecule has 0 atom stereocenters. The molecule has 3 aromatic rings. The van der Waals surface area contributed by atoms with Crippen LogP contribution in [0.1, 0.15) is 37.7 Å². The van der Waals surface area contributed by atoms with Crippen LogP contribution in [0.3, 0.4) is 0 Å². The molecule has 3 rings (SSSR count). The molecule has 0 unspecified atom stereocenters. The highest BCUT2D eigenvalue weighted by atomic mass is 32.2. The molecule has 33 heavy (non-hydrogen) atoms. The van der Waals surface area contributed by atoms with E-state index >= 15 is 0 Å². The lowest BCUT2D eigenvalue weighted by atomic mass is 10.1. The van der Waals surface area contributed by atoms with Crippen LogP contribution in [-0.4, -0.2) is 31.3 Å². The minimum atomic E-state index is -3.84. The molecule has 0 amide bonds. The Labute approximate surface area is 193 Å². The van der Waals surface area contributed by atoms with E-state index in [1.165, 1.54) is 24.3 Å². The van der Waals surface area contributed by atoms with Crippen molar-refractivity contribution in [2.75, 3.05) is 6.61 Å². The third kappa shape index (κ3) is 5.85. The molecule has 0 bridgehead atoms. The summed E-state index contributed by atoms with van der Waals surface area (Å²) >= 11 is 0. The predicted octanol–water partition coefficient (Wildman–Crippen LogP) is 3.81. The lowest BCUT2D eigenvalue weighted by Gasteiger charge is -2.09. The molecule has 0 spiro atoms. The topological polar surface area (TPSA) is 94.5 Å². The Morgan fingerprint density at radius 1 is 1.06 bits per heavy atom. The summed E-state index contributed by atoms with van der Waals surface area (Å²) in [5.41, 5.74) is 3.00. The van der Waals surface area contributed by atoms with Crippen LogP contribution in [0.4, 0.5) is 0 Å². The molecular formula is C25H26N2O5S. The first kappa shape index (κ1) is 24.2. The Bertz CT molecular complexity index is 1280. The second-order valence-corrected chi connectivity index (χ2v) is 9.29. The summed E-state index contributed by atoms with van der Waals surface area (Å²) < 4.78 is 34.9. The van der Waals surface area contributed by atoms with E-state index in [2.05, 4.69) is 11.3 Å². The van der Waals surface area contributed by atoms with Crippen molar-refractivity contribution in [2.45, 2.75) is 31.8 Å². The Morgan fingerprint density at radius 2 is 1.79 bits per heavy atom. The van der Waals surface area contributed by atoms with E-state index in [-0.39, 0.29) is 22.8 Å². The number of nitrogens with zero attached hydrogens (tertiary/aromatic N) is 1. The largest absolute Gasteiger partial charge is 0.454 e. The number of hydrogen-bond donors (Lipinski definition) is 1. The molecule has 172 valence electrons. The van der Waals surface area contributed by atoms with E-state index in [1.54, 1.807) is 12.1 Å². The minimum absolute atomic E-state index is 0.0440. The fourth-order valence-electron chi connectivity index (χ4n) is 3.43. The number of hydrogen-bond acceptors (Lipinski definition) is 5. The summed E-state index contributed by atoms with van der Waals surface area (Å²) in [7, 11) is -3.84. The lowest BCUT2D eigenvalue weighted by Crippen LogP contribution is -2.23. The van der Waals surface area contributed by atoms with Gasteiger partial charge in [-0.3, -0.25) is 4.79 Å². The molecule has 0 fully saturated rings. The van der Waals surface area contributed by atoms with Gasteiger partial charge in [-0.05, 0) is 43.7 Å². The molecular weight excluding hydrogens is 440 g/mol. The zero-order valence-electron chi connectivity index (χ0n) is 18.6. The van der Waals surface area contributed by atoms with Crippen LogP contribution >= 0.6 is 0 Å². The van der Waals surface area contributed by atoms with Gasteiger partial charge in [0.15, 0.2) is 6.61 Å². The highest BCUT2D eigenvalue weighted by molar-refractivity contribution is 7.89. The molecule has 0 aliphatic heterocycles. The molecule has 8 heteroatoms. The summed E-state index contributed by atoms with van der Waals surface area (Å²) in [6, 6.07) is 16.4. The number of aryl methyl sites for hydroxylation is 1. The fraction of sp³-hybridized carbons (Fsp3) is 0.200. The Balaban J connectivity index is 1.66. The number of rotatable bonds is 10. The molecule has 0 saturated carbocycles. The van der Waals surface area contributed by atoms with Gasteiger partial charge in [0.2, 0.25) is 15.8 Å². The molecule has 0 aliphatic carbocycles. The van der Waals surface area contributed by atoms with Gasteiger partial charge in [-0.2, -0.15) is 0 Å². The zero-order valence-corrected chi connectivity index (χ0v) is 19.4. The quantitative estimate of drug-likeness (QED) is 0.279. The lowest BCUT2D eigenvalue weighted by molar-refractivity contribution is 0.0474. The summed E-state index contributed by atoms with van der Waals surface area (Å²) in [4.78, 5) is 25.0. The average Bonchev–Trinajstić information content (AvgIpc) is 3.10. The number of nitrogens with one attached hydrogen (secondary N) is 1. The highest BCUT2D eigenvalue weighted by Gasteiger charge is 2.20. The first-order valence-corrected chi connectivity index (χ1v) is 11.8. The van der Waals surface area contributed by atoms with Crippen LogP contribution in [0.15, 0.2) is 78.2 Å². The SMILES string of the molecule is C=CCn1c(C)cc(C(=O)COC(=O)c2cccc(S(=O)(=O)NCc3ccccc3)c2)c1C. The van der Waals surface area contributed by atoms with Crippen LogP contribution in [0.25, 0.3) is 0 Å². The highest BCUT2D eigenvalue weighted by Crippen LogP contribution is 2.17. The number of esters is 1. The van der Waals surface area contributed by atoms with Crippen molar-refractivity contribution in [3.8, 4) is 0 Å². The summed E-state index contributed by atoms with van der Waals surface area (Å²) in [5, 5.41) is 0. The number of benzene rings is 2.